The summed E-state index contributed by atoms with van der Waals surface area (Å²) in [5.74, 6) is -0.111. The van der Waals surface area contributed by atoms with Gasteiger partial charge in [-0.2, -0.15) is 0 Å². The van der Waals surface area contributed by atoms with Crippen LogP contribution in [-0.2, 0) is 9.59 Å². The number of rotatable bonds is 4. The maximum Gasteiger partial charge on any atom is 0.248 e. The number of nitrogens with one attached hydrogen (secondary N) is 1. The summed E-state index contributed by atoms with van der Waals surface area (Å²) in [6, 6.07) is 7.64. The smallest absolute Gasteiger partial charge is 0.248 e. The number of carbonyl (C=O) groups is 2. The summed E-state index contributed by atoms with van der Waals surface area (Å²) in [5.41, 5.74) is 4.35. The van der Waals surface area contributed by atoms with E-state index in [1.54, 1.807) is 11.0 Å². The van der Waals surface area contributed by atoms with E-state index in [0.29, 0.717) is 6.54 Å². The number of hydrogen-bond acceptors (Lipinski definition) is 2. The summed E-state index contributed by atoms with van der Waals surface area (Å²) in [6.45, 7) is 6.90. The predicted octanol–water partition coefficient (Wildman–Crippen LogP) is 4.61. The van der Waals surface area contributed by atoms with Gasteiger partial charge in [-0.3, -0.25) is 9.59 Å². The molecule has 4 heteroatoms. The van der Waals surface area contributed by atoms with Crippen molar-refractivity contribution in [3.05, 3.63) is 58.7 Å². The molecule has 29 heavy (non-hydrogen) atoms. The minimum absolute atomic E-state index is 0.000789. The van der Waals surface area contributed by atoms with Gasteiger partial charge in [0.2, 0.25) is 11.8 Å². The monoisotopic (exact) mass is 392 g/mol. The van der Waals surface area contributed by atoms with Gasteiger partial charge in [-0.15, -0.1) is 0 Å². The summed E-state index contributed by atoms with van der Waals surface area (Å²) < 4.78 is 0. The van der Waals surface area contributed by atoms with Gasteiger partial charge in [0.05, 0.1) is 0 Å². The average Bonchev–Trinajstić information content (AvgIpc) is 2.98. The minimum Gasteiger partial charge on any atom is -0.351 e. The summed E-state index contributed by atoms with van der Waals surface area (Å²) >= 11 is 0. The van der Waals surface area contributed by atoms with E-state index in [2.05, 4.69) is 25.2 Å². The van der Waals surface area contributed by atoms with Crippen molar-refractivity contribution in [3.63, 3.8) is 0 Å². The molecule has 1 unspecified atom stereocenters. The number of amides is 2. The summed E-state index contributed by atoms with van der Waals surface area (Å²) in [4.78, 5) is 28.3. The van der Waals surface area contributed by atoms with Crippen molar-refractivity contribution in [2.75, 3.05) is 6.54 Å². The summed E-state index contributed by atoms with van der Waals surface area (Å²) in [5, 5.41) is 3.25. The molecule has 0 aromatic heterocycles. The van der Waals surface area contributed by atoms with Crippen LogP contribution >= 0.6 is 0 Å². The molecule has 1 atom stereocenters. The Labute approximate surface area is 174 Å². The van der Waals surface area contributed by atoms with Crippen LogP contribution in [0.2, 0.25) is 0 Å². The number of nitrogens with zero attached hydrogens (tertiary/aromatic N) is 1. The molecule has 4 nitrogen and oxygen atoms in total. The van der Waals surface area contributed by atoms with Gasteiger partial charge in [-0.25, -0.2) is 0 Å². The quantitative estimate of drug-likeness (QED) is 0.813. The van der Waals surface area contributed by atoms with E-state index in [9.17, 15) is 9.59 Å². The first kappa shape index (κ1) is 19.9. The third-order valence-electron chi connectivity index (χ3n) is 6.73. The summed E-state index contributed by atoms with van der Waals surface area (Å²) in [7, 11) is 0. The zero-order valence-electron chi connectivity index (χ0n) is 17.8. The van der Waals surface area contributed by atoms with Crippen LogP contribution in [0.15, 0.2) is 47.6 Å². The van der Waals surface area contributed by atoms with E-state index in [0.717, 1.165) is 48.8 Å². The van der Waals surface area contributed by atoms with Gasteiger partial charge in [0.15, 0.2) is 0 Å². The van der Waals surface area contributed by atoms with Crippen molar-refractivity contribution in [2.45, 2.75) is 71.4 Å². The molecule has 1 aromatic rings. The Hall–Kier alpha value is -2.36. The Morgan fingerprint density at radius 2 is 1.83 bits per heavy atom. The van der Waals surface area contributed by atoms with Crippen LogP contribution in [-0.4, -0.2) is 29.3 Å². The molecule has 0 saturated heterocycles. The zero-order valence-corrected chi connectivity index (χ0v) is 17.8. The number of hydrogen-bond donors (Lipinski definition) is 1. The molecule has 0 radical (unpaired) electrons. The number of carbonyl (C=O) groups excluding carboxylic acids is 2. The second-order valence-corrected chi connectivity index (χ2v) is 9.50. The third kappa shape index (κ3) is 4.03. The topological polar surface area (TPSA) is 49.4 Å². The molecule has 1 saturated carbocycles. The molecule has 1 aromatic carbocycles. The number of allylic oxidation sites excluding steroid dienone is 1. The van der Waals surface area contributed by atoms with E-state index >= 15 is 0 Å². The summed E-state index contributed by atoms with van der Waals surface area (Å²) in [6.07, 6.45) is 10.6. The van der Waals surface area contributed by atoms with E-state index in [4.69, 9.17) is 0 Å². The predicted molar refractivity (Wildman–Crippen MR) is 115 cm³/mol. The standard InChI is InChI=1S/C25H32N2O2/c1-17-9-11-18(12-10-17)23(24(29)26-20-7-5-4-6-8-20)27-16-19-13-14-25(2,3)21(19)15-22(27)28/h9-13,15,20,23H,4-8,14,16H2,1-3H3,(H,26,29). The lowest BCUT2D eigenvalue weighted by molar-refractivity contribution is -0.137. The van der Waals surface area contributed by atoms with Crippen molar-refractivity contribution >= 4 is 11.8 Å². The van der Waals surface area contributed by atoms with Crippen molar-refractivity contribution in [2.24, 2.45) is 5.41 Å². The maximum absolute atomic E-state index is 13.4. The Morgan fingerprint density at radius 3 is 2.52 bits per heavy atom. The highest BCUT2D eigenvalue weighted by Gasteiger charge is 2.40. The van der Waals surface area contributed by atoms with Gasteiger partial charge in [-0.05, 0) is 48.3 Å². The molecule has 2 amide bonds. The third-order valence-corrected chi connectivity index (χ3v) is 6.73. The van der Waals surface area contributed by atoms with E-state index in [-0.39, 0.29) is 23.3 Å². The molecule has 0 bridgehead atoms. The number of aryl methyl sites for hydroxylation is 1. The largest absolute Gasteiger partial charge is 0.351 e. The van der Waals surface area contributed by atoms with Crippen molar-refractivity contribution < 1.29 is 9.59 Å². The van der Waals surface area contributed by atoms with Gasteiger partial charge in [-0.1, -0.05) is 69.0 Å². The molecule has 3 aliphatic rings. The fourth-order valence-corrected chi connectivity index (χ4v) is 4.91. The molecule has 4 rings (SSSR count). The van der Waals surface area contributed by atoms with Crippen LogP contribution in [0.5, 0.6) is 0 Å². The lowest BCUT2D eigenvalue weighted by Crippen LogP contribution is -2.48. The molecule has 1 fully saturated rings. The molecule has 2 aliphatic carbocycles. The van der Waals surface area contributed by atoms with Crippen molar-refractivity contribution in [3.8, 4) is 0 Å². The van der Waals surface area contributed by atoms with E-state index in [1.165, 1.54) is 12.0 Å². The first-order valence-corrected chi connectivity index (χ1v) is 10.9. The molecule has 154 valence electrons. The first-order chi connectivity index (χ1) is 13.8. The van der Waals surface area contributed by atoms with Gasteiger partial charge < -0.3 is 10.2 Å². The van der Waals surface area contributed by atoms with Crippen LogP contribution in [0.1, 0.15) is 69.5 Å². The highest BCUT2D eigenvalue weighted by atomic mass is 16.2. The van der Waals surface area contributed by atoms with Crippen LogP contribution < -0.4 is 5.32 Å². The minimum atomic E-state index is -0.590. The van der Waals surface area contributed by atoms with Crippen LogP contribution in [0.4, 0.5) is 0 Å². The fraction of sp³-hybridized carbons (Fsp3) is 0.520. The molecule has 1 aliphatic heterocycles. The number of fused-ring (bicyclic) bond motifs is 1. The maximum atomic E-state index is 13.4. The van der Waals surface area contributed by atoms with Gasteiger partial charge in [0.25, 0.3) is 0 Å². The van der Waals surface area contributed by atoms with Gasteiger partial charge in [0, 0.05) is 18.7 Å². The molecule has 0 spiro atoms. The molecular formula is C25H32N2O2. The van der Waals surface area contributed by atoms with Crippen LogP contribution in [0.3, 0.4) is 0 Å². The fourth-order valence-electron chi connectivity index (χ4n) is 4.91. The molecular weight excluding hydrogens is 360 g/mol. The molecule has 1 heterocycles. The lowest BCUT2D eigenvalue weighted by atomic mass is 9.82. The zero-order chi connectivity index (χ0) is 20.6. The van der Waals surface area contributed by atoms with Crippen LogP contribution in [0.25, 0.3) is 0 Å². The van der Waals surface area contributed by atoms with E-state index < -0.39 is 6.04 Å². The lowest BCUT2D eigenvalue weighted by Gasteiger charge is -2.37. The van der Waals surface area contributed by atoms with Crippen LogP contribution in [0, 0.1) is 12.3 Å². The normalized spacial score (nSPS) is 22.6. The second-order valence-electron chi connectivity index (χ2n) is 9.50. The Morgan fingerprint density at radius 1 is 1.14 bits per heavy atom. The second kappa shape index (κ2) is 7.81. The number of benzene rings is 1. The SMILES string of the molecule is Cc1ccc(C(C(=O)NC2CCCCC2)N2CC3=CCC(C)(C)C3=CC2=O)cc1. The highest BCUT2D eigenvalue weighted by molar-refractivity contribution is 5.96. The highest BCUT2D eigenvalue weighted by Crippen LogP contribution is 2.44. The first-order valence-electron chi connectivity index (χ1n) is 10.9. The molecule has 1 N–H and O–H groups in total. The Bertz CT molecular complexity index is 857. The Kier molecular flexibility index (Phi) is 5.37. The van der Waals surface area contributed by atoms with Gasteiger partial charge >= 0.3 is 0 Å². The Balaban J connectivity index is 1.64. The van der Waals surface area contributed by atoms with Crippen molar-refractivity contribution in [1.29, 1.82) is 0 Å². The van der Waals surface area contributed by atoms with Gasteiger partial charge in [0.1, 0.15) is 6.04 Å². The van der Waals surface area contributed by atoms with E-state index in [1.807, 2.05) is 31.2 Å². The average molecular weight is 393 g/mol. The van der Waals surface area contributed by atoms with Crippen molar-refractivity contribution in [1.82, 2.24) is 10.2 Å².